The van der Waals surface area contributed by atoms with Crippen molar-refractivity contribution in [2.75, 3.05) is 5.43 Å². The number of nitrogen functional groups attached to an aromatic ring is 1. The molecule has 0 atom stereocenters. The van der Waals surface area contributed by atoms with Crippen LogP contribution in [0.3, 0.4) is 0 Å². The van der Waals surface area contributed by atoms with E-state index in [9.17, 15) is 4.79 Å². The average molecular weight is 357 g/mol. The van der Waals surface area contributed by atoms with Gasteiger partial charge in [-0.1, -0.05) is 0 Å². The number of aromatic nitrogens is 3. The summed E-state index contributed by atoms with van der Waals surface area (Å²) in [4.78, 5) is 20.4. The van der Waals surface area contributed by atoms with Crippen molar-refractivity contribution in [3.63, 3.8) is 0 Å². The molecule has 0 saturated carbocycles. The van der Waals surface area contributed by atoms with Crippen molar-refractivity contribution in [3.8, 4) is 0 Å². The summed E-state index contributed by atoms with van der Waals surface area (Å²) in [5.74, 6) is 5.33. The molecule has 0 bridgehead atoms. The fourth-order valence-electron chi connectivity index (χ4n) is 1.49. The Morgan fingerprint density at radius 1 is 1.50 bits per heavy atom. The van der Waals surface area contributed by atoms with Gasteiger partial charge in [0.2, 0.25) is 0 Å². The number of hydrogen-bond donors (Lipinski definition) is 2. The molecule has 0 amide bonds. The van der Waals surface area contributed by atoms with Crippen LogP contribution in [0, 0.1) is 10.5 Å². The molecule has 2 rings (SSSR count). The molecule has 2 aromatic heterocycles. The Morgan fingerprint density at radius 2 is 2.28 bits per heavy atom. The second-order valence-electron chi connectivity index (χ2n) is 3.76. The molecule has 0 aliphatic heterocycles. The van der Waals surface area contributed by atoms with E-state index in [2.05, 4.69) is 15.4 Å². The summed E-state index contributed by atoms with van der Waals surface area (Å²) in [7, 11) is 0. The molecule has 0 aromatic carbocycles. The quantitative estimate of drug-likeness (QED) is 0.484. The van der Waals surface area contributed by atoms with E-state index in [1.807, 2.05) is 29.5 Å². The Kier molecular flexibility index (Phi) is 3.92. The molecule has 6 nitrogen and oxygen atoms in total. The number of halogens is 1. The molecule has 7 heteroatoms. The second-order valence-corrected chi connectivity index (χ2v) is 4.84. The fraction of sp³-hybridized carbons (Fsp3) is 0.182. The SMILES string of the molecule is Cc1ncn(Cc2cc(NN)ccn2)c(=O)c1I. The van der Waals surface area contributed by atoms with Gasteiger partial charge in [-0.05, 0) is 41.6 Å². The van der Waals surface area contributed by atoms with Crippen LogP contribution in [0.4, 0.5) is 5.69 Å². The molecule has 0 fully saturated rings. The number of nitrogens with one attached hydrogen (secondary N) is 1. The van der Waals surface area contributed by atoms with Gasteiger partial charge in [-0.15, -0.1) is 0 Å². The fourth-order valence-corrected chi connectivity index (χ4v) is 1.94. The third-order valence-electron chi connectivity index (χ3n) is 2.47. The zero-order valence-electron chi connectivity index (χ0n) is 9.72. The van der Waals surface area contributed by atoms with Gasteiger partial charge in [-0.2, -0.15) is 0 Å². The van der Waals surface area contributed by atoms with Gasteiger partial charge in [-0.3, -0.25) is 20.2 Å². The highest BCUT2D eigenvalue weighted by Gasteiger charge is 2.06. The van der Waals surface area contributed by atoms with Crippen LogP contribution in [0.2, 0.25) is 0 Å². The maximum Gasteiger partial charge on any atom is 0.267 e. The molecular weight excluding hydrogens is 345 g/mol. The van der Waals surface area contributed by atoms with Gasteiger partial charge < -0.3 is 5.43 Å². The van der Waals surface area contributed by atoms with E-state index in [1.165, 1.54) is 10.9 Å². The predicted octanol–water partition coefficient (Wildman–Crippen LogP) is 0.885. The third kappa shape index (κ3) is 2.67. The first-order valence-electron chi connectivity index (χ1n) is 5.25. The van der Waals surface area contributed by atoms with Crippen LogP contribution in [0.15, 0.2) is 29.5 Å². The van der Waals surface area contributed by atoms with Crippen LogP contribution in [-0.2, 0) is 6.54 Å². The molecular formula is C11H12IN5O. The number of nitrogens with zero attached hydrogens (tertiary/aromatic N) is 3. The van der Waals surface area contributed by atoms with Crippen LogP contribution in [0.5, 0.6) is 0 Å². The van der Waals surface area contributed by atoms with Gasteiger partial charge in [-0.25, -0.2) is 4.98 Å². The minimum atomic E-state index is -0.0592. The molecule has 0 saturated heterocycles. The number of anilines is 1. The molecule has 94 valence electrons. The lowest BCUT2D eigenvalue weighted by Gasteiger charge is -2.07. The summed E-state index contributed by atoms with van der Waals surface area (Å²) in [6.45, 7) is 2.18. The van der Waals surface area contributed by atoms with Crippen molar-refractivity contribution in [2.24, 2.45) is 5.84 Å². The van der Waals surface area contributed by atoms with Gasteiger partial charge in [0, 0.05) is 6.20 Å². The maximum atomic E-state index is 12.0. The van der Waals surface area contributed by atoms with E-state index >= 15 is 0 Å². The Bertz CT molecular complexity index is 625. The molecule has 3 N–H and O–H groups in total. The number of nitrogens with two attached hydrogens (primary N) is 1. The molecule has 0 aliphatic carbocycles. The number of aryl methyl sites for hydroxylation is 1. The zero-order valence-corrected chi connectivity index (χ0v) is 11.9. The highest BCUT2D eigenvalue weighted by atomic mass is 127. The van der Waals surface area contributed by atoms with Crippen LogP contribution >= 0.6 is 22.6 Å². The van der Waals surface area contributed by atoms with Gasteiger partial charge in [0.25, 0.3) is 5.56 Å². The summed E-state index contributed by atoms with van der Waals surface area (Å²) in [5.41, 5.74) is 4.72. The van der Waals surface area contributed by atoms with Crippen LogP contribution in [-0.4, -0.2) is 14.5 Å². The Labute approximate surface area is 117 Å². The average Bonchev–Trinajstić information content (AvgIpc) is 2.40. The van der Waals surface area contributed by atoms with Crippen molar-refractivity contribution < 1.29 is 0 Å². The van der Waals surface area contributed by atoms with E-state index in [-0.39, 0.29) is 5.56 Å². The second kappa shape index (κ2) is 5.44. The number of hydrogen-bond acceptors (Lipinski definition) is 5. The first-order valence-corrected chi connectivity index (χ1v) is 6.33. The van der Waals surface area contributed by atoms with Gasteiger partial charge in [0.1, 0.15) is 0 Å². The molecule has 0 radical (unpaired) electrons. The van der Waals surface area contributed by atoms with Gasteiger partial charge >= 0.3 is 0 Å². The first kappa shape index (κ1) is 13.0. The Balaban J connectivity index is 2.34. The van der Waals surface area contributed by atoms with E-state index in [0.29, 0.717) is 10.1 Å². The van der Waals surface area contributed by atoms with E-state index < -0.39 is 0 Å². The van der Waals surface area contributed by atoms with E-state index in [0.717, 1.165) is 17.1 Å². The largest absolute Gasteiger partial charge is 0.324 e. The molecule has 2 heterocycles. The first-order chi connectivity index (χ1) is 8.61. The van der Waals surface area contributed by atoms with Crippen LogP contribution in [0.25, 0.3) is 0 Å². The lowest BCUT2D eigenvalue weighted by atomic mass is 10.3. The van der Waals surface area contributed by atoms with E-state index in [4.69, 9.17) is 5.84 Å². The van der Waals surface area contributed by atoms with Crippen molar-refractivity contribution in [1.29, 1.82) is 0 Å². The molecule has 0 aliphatic rings. The summed E-state index contributed by atoms with van der Waals surface area (Å²) >= 11 is 2.00. The smallest absolute Gasteiger partial charge is 0.267 e. The molecule has 0 unspecified atom stereocenters. The molecule has 18 heavy (non-hydrogen) atoms. The normalized spacial score (nSPS) is 10.4. The zero-order chi connectivity index (χ0) is 13.1. The summed E-state index contributed by atoms with van der Waals surface area (Å²) in [6.07, 6.45) is 3.17. The highest BCUT2D eigenvalue weighted by Crippen LogP contribution is 2.07. The highest BCUT2D eigenvalue weighted by molar-refractivity contribution is 14.1. The summed E-state index contributed by atoms with van der Waals surface area (Å²) in [5, 5.41) is 0. The van der Waals surface area contributed by atoms with Crippen molar-refractivity contribution in [2.45, 2.75) is 13.5 Å². The number of pyridine rings is 1. The lowest BCUT2D eigenvalue weighted by molar-refractivity contribution is 0.708. The molecule has 2 aromatic rings. The van der Waals surface area contributed by atoms with Crippen molar-refractivity contribution in [3.05, 3.63) is 50.0 Å². The standard InChI is InChI=1S/C11H12IN5O/c1-7-10(12)11(18)17(6-15-7)5-9-4-8(16-13)2-3-14-9/h2-4,6H,5,13H2,1H3,(H,14,16). The maximum absolute atomic E-state index is 12.0. The Morgan fingerprint density at radius 3 is 3.00 bits per heavy atom. The topological polar surface area (TPSA) is 85.8 Å². The summed E-state index contributed by atoms with van der Waals surface area (Å²) < 4.78 is 2.15. The van der Waals surface area contributed by atoms with Gasteiger partial charge in [0.05, 0.1) is 33.5 Å². The van der Waals surface area contributed by atoms with Crippen molar-refractivity contribution in [1.82, 2.24) is 14.5 Å². The third-order valence-corrected chi connectivity index (χ3v) is 3.71. The minimum Gasteiger partial charge on any atom is -0.324 e. The lowest BCUT2D eigenvalue weighted by Crippen LogP contribution is -2.25. The minimum absolute atomic E-state index is 0.0592. The number of hydrazine groups is 1. The van der Waals surface area contributed by atoms with Crippen LogP contribution in [0.1, 0.15) is 11.4 Å². The Hall–Kier alpha value is -1.48. The van der Waals surface area contributed by atoms with Gasteiger partial charge in [0.15, 0.2) is 0 Å². The molecule has 0 spiro atoms. The van der Waals surface area contributed by atoms with E-state index in [1.54, 1.807) is 18.3 Å². The van der Waals surface area contributed by atoms with Crippen LogP contribution < -0.4 is 16.8 Å². The predicted molar refractivity (Wildman–Crippen MR) is 77.1 cm³/mol. The monoisotopic (exact) mass is 357 g/mol. The summed E-state index contributed by atoms with van der Waals surface area (Å²) in [6, 6.07) is 3.54. The number of rotatable bonds is 3. The van der Waals surface area contributed by atoms with Crippen molar-refractivity contribution >= 4 is 28.3 Å².